The number of hydrogen-bond acceptors (Lipinski definition) is 6. The van der Waals surface area contributed by atoms with Gasteiger partial charge in [0.15, 0.2) is 23.1 Å². The van der Waals surface area contributed by atoms with E-state index in [1.54, 1.807) is 30.4 Å². The predicted molar refractivity (Wildman–Crippen MR) is 163 cm³/mol. The number of fused-ring (bicyclic) bond motifs is 1. The van der Waals surface area contributed by atoms with Gasteiger partial charge in [0.1, 0.15) is 17.1 Å². The molecule has 1 aromatic heterocycles. The van der Waals surface area contributed by atoms with Gasteiger partial charge in [-0.05, 0) is 60.5 Å². The molecule has 5 rings (SSSR count). The molecule has 0 unspecified atom stereocenters. The summed E-state index contributed by atoms with van der Waals surface area (Å²) in [7, 11) is 1.44. The van der Waals surface area contributed by atoms with Crippen molar-refractivity contribution >= 4 is 29.2 Å². The van der Waals surface area contributed by atoms with Crippen molar-refractivity contribution in [3.63, 3.8) is 0 Å². The first kappa shape index (κ1) is 30.7. The van der Waals surface area contributed by atoms with Crippen molar-refractivity contribution in [1.82, 2.24) is 4.57 Å². The van der Waals surface area contributed by atoms with E-state index in [4.69, 9.17) is 9.47 Å². The second kappa shape index (κ2) is 14.1. The van der Waals surface area contributed by atoms with Crippen molar-refractivity contribution < 1.29 is 28.2 Å². The lowest BCUT2D eigenvalue weighted by atomic mass is 10.1. The molecular formula is C33H31F2N3O5. The van der Waals surface area contributed by atoms with Gasteiger partial charge in [-0.2, -0.15) is 0 Å². The second-order valence-corrected chi connectivity index (χ2v) is 9.17. The van der Waals surface area contributed by atoms with Crippen LogP contribution in [0.25, 0.3) is 5.70 Å². The highest BCUT2D eigenvalue weighted by Gasteiger charge is 2.18. The van der Waals surface area contributed by atoms with Crippen molar-refractivity contribution in [2.45, 2.75) is 33.1 Å². The molecule has 2 aliphatic rings. The van der Waals surface area contributed by atoms with Gasteiger partial charge in [0.25, 0.3) is 11.5 Å². The summed E-state index contributed by atoms with van der Waals surface area (Å²) in [5.41, 5.74) is 1.29. The second-order valence-electron chi connectivity index (χ2n) is 9.17. The van der Waals surface area contributed by atoms with Crippen LogP contribution in [0.5, 0.6) is 17.2 Å². The number of hydrogen-bond donors (Lipinski definition) is 2. The molecule has 222 valence electrons. The molecule has 2 N–H and O–H groups in total. The first-order valence-corrected chi connectivity index (χ1v) is 13.7. The number of phenols is 1. The third-order valence-corrected chi connectivity index (χ3v) is 6.42. The highest BCUT2D eigenvalue weighted by molar-refractivity contribution is 6.04. The molecule has 10 heteroatoms. The number of pyridine rings is 1. The van der Waals surface area contributed by atoms with Crippen LogP contribution >= 0.6 is 0 Å². The zero-order chi connectivity index (χ0) is 30.9. The van der Waals surface area contributed by atoms with Crippen molar-refractivity contribution in [3.8, 4) is 17.2 Å². The number of nitrogens with one attached hydrogen (secondary N) is 1. The number of phenolic OH excluding ortho intramolecular Hbond substituents is 1. The Morgan fingerprint density at radius 3 is 2.67 bits per heavy atom. The Bertz CT molecular complexity index is 1730. The van der Waals surface area contributed by atoms with Crippen LogP contribution in [0.4, 0.5) is 20.2 Å². The molecule has 0 atom stereocenters. The fourth-order valence-electron chi connectivity index (χ4n) is 4.38. The van der Waals surface area contributed by atoms with Gasteiger partial charge >= 0.3 is 0 Å². The standard InChI is InChI=1S/C31H25F2N3O5.C2H6/c1-40-29-16-19-15-23(12-13-34-26(19)18-27(29)37)41-28-11-10-21(17-25(28)33)35-30(38)24-9-4-14-36(31(24)39)22-7-2-5-20(32)6-3-8-22;1-2/h2,4-6,8-14,16-18,37H,3,7,15H2,1H3,(H,35,38);1-2H3/b5-2-,20-6?,22-8+;. The van der Waals surface area contributed by atoms with Crippen LogP contribution in [-0.4, -0.2) is 28.9 Å². The highest BCUT2D eigenvalue weighted by atomic mass is 19.1. The Hall–Kier alpha value is -5.25. The molecule has 2 aromatic carbocycles. The minimum atomic E-state index is -0.731. The Kier molecular flexibility index (Phi) is 10.1. The molecule has 8 nitrogen and oxygen atoms in total. The molecular weight excluding hydrogens is 556 g/mol. The Morgan fingerprint density at radius 1 is 1.09 bits per heavy atom. The molecule has 1 aliphatic carbocycles. The molecule has 1 aliphatic heterocycles. The summed E-state index contributed by atoms with van der Waals surface area (Å²) < 4.78 is 40.8. The number of anilines is 1. The van der Waals surface area contributed by atoms with Gasteiger partial charge in [0, 0.05) is 48.8 Å². The van der Waals surface area contributed by atoms with Gasteiger partial charge in [-0.25, -0.2) is 8.78 Å². The fraction of sp³-hybridized carbons (Fsp3) is 0.182. The minimum Gasteiger partial charge on any atom is -0.504 e. The highest BCUT2D eigenvalue weighted by Crippen LogP contribution is 2.36. The van der Waals surface area contributed by atoms with Gasteiger partial charge in [-0.1, -0.05) is 26.0 Å². The topological polar surface area (TPSA) is 102 Å². The van der Waals surface area contributed by atoms with E-state index in [2.05, 4.69) is 10.3 Å². The van der Waals surface area contributed by atoms with E-state index in [9.17, 15) is 19.1 Å². The zero-order valence-electron chi connectivity index (χ0n) is 23.9. The predicted octanol–water partition coefficient (Wildman–Crippen LogP) is 7.25. The largest absolute Gasteiger partial charge is 0.504 e. The van der Waals surface area contributed by atoms with E-state index in [0.29, 0.717) is 35.5 Å². The molecule has 0 bridgehead atoms. The van der Waals surface area contributed by atoms with Gasteiger partial charge in [0.05, 0.1) is 12.8 Å². The minimum absolute atomic E-state index is 0.0472. The van der Waals surface area contributed by atoms with Crippen LogP contribution in [0.3, 0.4) is 0 Å². The van der Waals surface area contributed by atoms with Gasteiger partial charge in [-0.15, -0.1) is 0 Å². The Balaban J connectivity index is 0.00000207. The Morgan fingerprint density at radius 2 is 1.91 bits per heavy atom. The number of aromatic nitrogens is 1. The van der Waals surface area contributed by atoms with Gasteiger partial charge in [-0.3, -0.25) is 19.1 Å². The van der Waals surface area contributed by atoms with E-state index >= 15 is 4.39 Å². The maximum absolute atomic E-state index is 15.0. The lowest BCUT2D eigenvalue weighted by Crippen LogP contribution is -2.28. The normalized spacial score (nSPS) is 15.9. The van der Waals surface area contributed by atoms with Crippen LogP contribution in [0.15, 0.2) is 100 Å². The van der Waals surface area contributed by atoms with Crippen LogP contribution < -0.4 is 20.3 Å². The van der Waals surface area contributed by atoms with E-state index in [0.717, 1.165) is 6.07 Å². The number of aromatic hydroxyl groups is 1. The number of amides is 1. The fourth-order valence-corrected chi connectivity index (χ4v) is 4.38. The summed E-state index contributed by atoms with van der Waals surface area (Å²) in [4.78, 5) is 30.3. The number of allylic oxidation sites excluding steroid dienone is 8. The van der Waals surface area contributed by atoms with Crippen molar-refractivity contribution in [3.05, 3.63) is 118 Å². The number of benzene rings is 2. The molecule has 3 aromatic rings. The lowest BCUT2D eigenvalue weighted by Gasteiger charge is -2.14. The number of nitrogens with zero attached hydrogens (tertiary/aromatic N) is 2. The number of ether oxygens (including phenoxy) is 2. The molecule has 1 amide bonds. The SMILES string of the molecule is CC.COc1cc2c(cc1O)N=CC=C(Oc1ccc(NC(=O)c3cccn(/C4=C/CC=C(F)/C=C\C4)c3=O)cc1F)C2. The molecule has 0 saturated heterocycles. The Labute approximate surface area is 247 Å². The number of rotatable bonds is 6. The summed E-state index contributed by atoms with van der Waals surface area (Å²) in [6, 6.07) is 9.98. The number of aliphatic imine (C=N–C) groups is 1. The summed E-state index contributed by atoms with van der Waals surface area (Å²) in [5.74, 6) is -1.23. The zero-order valence-corrected chi connectivity index (χ0v) is 23.9. The average molecular weight is 588 g/mol. The summed E-state index contributed by atoms with van der Waals surface area (Å²) in [5, 5.41) is 12.6. The molecule has 0 radical (unpaired) electrons. The maximum Gasteiger partial charge on any atom is 0.267 e. The average Bonchev–Trinajstić information content (AvgIpc) is 3.18. The number of carbonyl (C=O) groups is 1. The van der Waals surface area contributed by atoms with E-state index in [1.807, 2.05) is 13.8 Å². The van der Waals surface area contributed by atoms with E-state index < -0.39 is 17.3 Å². The van der Waals surface area contributed by atoms with Crippen molar-refractivity contribution in [1.29, 1.82) is 0 Å². The third kappa shape index (κ3) is 7.34. The lowest BCUT2D eigenvalue weighted by molar-refractivity contribution is 0.102. The van der Waals surface area contributed by atoms with Crippen molar-refractivity contribution in [2.75, 3.05) is 12.4 Å². The number of halogens is 2. The first-order chi connectivity index (χ1) is 20.8. The molecule has 43 heavy (non-hydrogen) atoms. The molecule has 0 spiro atoms. The van der Waals surface area contributed by atoms with E-state index in [-0.39, 0.29) is 40.7 Å². The maximum atomic E-state index is 15.0. The third-order valence-electron chi connectivity index (χ3n) is 6.42. The van der Waals surface area contributed by atoms with E-state index in [1.165, 1.54) is 60.5 Å². The van der Waals surface area contributed by atoms with Gasteiger partial charge < -0.3 is 19.9 Å². The van der Waals surface area contributed by atoms with Gasteiger partial charge in [0.2, 0.25) is 0 Å². The van der Waals surface area contributed by atoms with Crippen LogP contribution in [-0.2, 0) is 6.42 Å². The smallest absolute Gasteiger partial charge is 0.267 e. The molecule has 2 heterocycles. The summed E-state index contributed by atoms with van der Waals surface area (Å²) >= 11 is 0. The molecule has 0 saturated carbocycles. The summed E-state index contributed by atoms with van der Waals surface area (Å²) in [6.45, 7) is 4.00. The van der Waals surface area contributed by atoms with Crippen LogP contribution in [0.1, 0.15) is 42.6 Å². The molecule has 0 fully saturated rings. The number of carbonyl (C=O) groups excluding carboxylic acids is 1. The monoisotopic (exact) mass is 587 g/mol. The van der Waals surface area contributed by atoms with Crippen LogP contribution in [0.2, 0.25) is 0 Å². The summed E-state index contributed by atoms with van der Waals surface area (Å²) in [6.07, 6.45) is 11.5. The first-order valence-electron chi connectivity index (χ1n) is 13.7. The van der Waals surface area contributed by atoms with Crippen molar-refractivity contribution in [2.24, 2.45) is 4.99 Å². The number of methoxy groups -OCH3 is 1. The quantitative estimate of drug-likeness (QED) is 0.316. The van der Waals surface area contributed by atoms with Crippen LogP contribution in [0, 0.1) is 5.82 Å².